The summed E-state index contributed by atoms with van der Waals surface area (Å²) in [5.74, 6) is 0.943. The van der Waals surface area contributed by atoms with Crippen molar-refractivity contribution >= 4 is 0 Å². The Balaban J connectivity index is 1.89. The Kier molecular flexibility index (Phi) is 4.65. The van der Waals surface area contributed by atoms with Crippen LogP contribution >= 0.6 is 0 Å². The van der Waals surface area contributed by atoms with Crippen LogP contribution in [0.1, 0.15) is 38.7 Å². The predicted octanol–water partition coefficient (Wildman–Crippen LogP) is 3.50. The summed E-state index contributed by atoms with van der Waals surface area (Å²) in [4.78, 5) is 2.66. The molecule has 0 aromatic heterocycles. The molecule has 2 atom stereocenters. The van der Waals surface area contributed by atoms with Gasteiger partial charge in [-0.15, -0.1) is 0 Å². The van der Waals surface area contributed by atoms with E-state index in [0.29, 0.717) is 0 Å². The third-order valence-electron chi connectivity index (χ3n) is 4.19. The van der Waals surface area contributed by atoms with Crippen LogP contribution in [0.4, 0.5) is 0 Å². The fraction of sp³-hybridized carbons (Fsp3) is 0.625. The molecule has 2 nitrogen and oxygen atoms in total. The highest BCUT2D eigenvalue weighted by molar-refractivity contribution is 5.27. The van der Waals surface area contributed by atoms with Crippen LogP contribution in [0.5, 0.6) is 5.75 Å². The van der Waals surface area contributed by atoms with Gasteiger partial charge in [0.15, 0.2) is 0 Å². The lowest BCUT2D eigenvalue weighted by molar-refractivity contribution is 0.105. The molecule has 0 aliphatic carbocycles. The van der Waals surface area contributed by atoms with Crippen LogP contribution in [0, 0.1) is 0 Å². The van der Waals surface area contributed by atoms with Crippen molar-refractivity contribution in [2.24, 2.45) is 0 Å². The van der Waals surface area contributed by atoms with Gasteiger partial charge in [0.1, 0.15) is 5.75 Å². The van der Waals surface area contributed by atoms with Crippen LogP contribution in [0.15, 0.2) is 24.3 Å². The molecule has 1 saturated heterocycles. The van der Waals surface area contributed by atoms with Crippen molar-refractivity contribution in [3.8, 4) is 5.75 Å². The maximum absolute atomic E-state index is 5.19. The molecule has 1 aliphatic rings. The lowest BCUT2D eigenvalue weighted by atomic mass is 9.97. The van der Waals surface area contributed by atoms with E-state index in [9.17, 15) is 0 Å². The number of benzene rings is 1. The first-order valence-electron chi connectivity index (χ1n) is 7.09. The molecule has 2 heteroatoms. The van der Waals surface area contributed by atoms with Crippen LogP contribution in [-0.4, -0.2) is 30.6 Å². The molecular weight excluding hydrogens is 222 g/mol. The molecule has 1 aromatic rings. The van der Waals surface area contributed by atoms with Gasteiger partial charge < -0.3 is 4.74 Å². The lowest BCUT2D eigenvalue weighted by Gasteiger charge is -2.39. The van der Waals surface area contributed by atoms with Crippen molar-refractivity contribution in [2.75, 3.05) is 13.7 Å². The van der Waals surface area contributed by atoms with Gasteiger partial charge in [0.25, 0.3) is 0 Å². The van der Waals surface area contributed by atoms with Crippen molar-refractivity contribution in [3.05, 3.63) is 29.8 Å². The normalized spacial score (nSPS) is 25.1. The van der Waals surface area contributed by atoms with Gasteiger partial charge >= 0.3 is 0 Å². The summed E-state index contributed by atoms with van der Waals surface area (Å²) >= 11 is 0. The molecule has 1 aliphatic heterocycles. The van der Waals surface area contributed by atoms with E-state index in [-0.39, 0.29) is 0 Å². The molecule has 1 aromatic carbocycles. The van der Waals surface area contributed by atoms with Gasteiger partial charge in [0.2, 0.25) is 0 Å². The highest BCUT2D eigenvalue weighted by Crippen LogP contribution is 2.22. The zero-order valence-electron chi connectivity index (χ0n) is 11.9. The maximum Gasteiger partial charge on any atom is 0.118 e. The van der Waals surface area contributed by atoms with E-state index in [2.05, 4.69) is 43.0 Å². The Labute approximate surface area is 111 Å². The van der Waals surface area contributed by atoms with Crippen LogP contribution in [0.25, 0.3) is 0 Å². The summed E-state index contributed by atoms with van der Waals surface area (Å²) in [6, 6.07) is 9.95. The zero-order valence-corrected chi connectivity index (χ0v) is 11.9. The highest BCUT2D eigenvalue weighted by atomic mass is 16.5. The van der Waals surface area contributed by atoms with Gasteiger partial charge in [-0.25, -0.2) is 0 Å². The minimum Gasteiger partial charge on any atom is -0.497 e. The number of rotatable bonds is 4. The standard InChI is InChI=1S/C16H25NO/c1-13-5-4-6-14(2)17(13)12-11-15-7-9-16(18-3)10-8-15/h7-10,13-14H,4-6,11-12H2,1-3H3. The first kappa shape index (κ1) is 13.4. The van der Waals surface area contributed by atoms with Crippen LogP contribution < -0.4 is 4.74 Å². The quantitative estimate of drug-likeness (QED) is 0.807. The van der Waals surface area contributed by atoms with Crippen molar-refractivity contribution in [3.63, 3.8) is 0 Å². The smallest absolute Gasteiger partial charge is 0.118 e. The summed E-state index contributed by atoms with van der Waals surface area (Å²) < 4.78 is 5.19. The number of hydrogen-bond acceptors (Lipinski definition) is 2. The minimum atomic E-state index is 0.743. The number of piperidine rings is 1. The van der Waals surface area contributed by atoms with E-state index in [4.69, 9.17) is 4.74 Å². The molecule has 1 heterocycles. The average Bonchev–Trinajstić information content (AvgIpc) is 2.39. The van der Waals surface area contributed by atoms with Crippen molar-refractivity contribution in [1.82, 2.24) is 4.90 Å². The first-order chi connectivity index (χ1) is 8.70. The second-order valence-electron chi connectivity index (χ2n) is 5.46. The Bertz CT molecular complexity index is 350. The molecule has 0 amide bonds. The second-order valence-corrected chi connectivity index (χ2v) is 5.46. The van der Waals surface area contributed by atoms with Crippen molar-refractivity contribution in [1.29, 1.82) is 0 Å². The topological polar surface area (TPSA) is 12.5 Å². The summed E-state index contributed by atoms with van der Waals surface area (Å²) in [5.41, 5.74) is 1.40. The Morgan fingerprint density at radius 2 is 1.72 bits per heavy atom. The van der Waals surface area contributed by atoms with E-state index in [1.165, 1.54) is 31.4 Å². The van der Waals surface area contributed by atoms with E-state index in [0.717, 1.165) is 24.3 Å². The predicted molar refractivity (Wildman–Crippen MR) is 76.2 cm³/mol. The highest BCUT2D eigenvalue weighted by Gasteiger charge is 2.23. The fourth-order valence-corrected chi connectivity index (χ4v) is 2.97. The molecule has 0 saturated carbocycles. The van der Waals surface area contributed by atoms with Crippen LogP contribution in [0.3, 0.4) is 0 Å². The molecule has 0 bridgehead atoms. The van der Waals surface area contributed by atoms with E-state index < -0.39 is 0 Å². The molecule has 0 radical (unpaired) electrons. The fourth-order valence-electron chi connectivity index (χ4n) is 2.97. The number of methoxy groups -OCH3 is 1. The summed E-state index contributed by atoms with van der Waals surface area (Å²) in [6.45, 7) is 5.90. The Hall–Kier alpha value is -1.02. The SMILES string of the molecule is COc1ccc(CCN2C(C)CCCC2C)cc1. The van der Waals surface area contributed by atoms with Gasteiger partial charge in [0, 0.05) is 18.6 Å². The molecule has 2 rings (SSSR count). The summed E-state index contributed by atoms with van der Waals surface area (Å²) in [6.07, 6.45) is 5.24. The van der Waals surface area contributed by atoms with Crippen LogP contribution in [0.2, 0.25) is 0 Å². The minimum absolute atomic E-state index is 0.743. The molecule has 0 spiro atoms. The van der Waals surface area contributed by atoms with Gasteiger partial charge in [-0.1, -0.05) is 18.6 Å². The van der Waals surface area contributed by atoms with E-state index in [1.807, 2.05) is 0 Å². The lowest BCUT2D eigenvalue weighted by Crippen LogP contribution is -2.44. The van der Waals surface area contributed by atoms with E-state index in [1.54, 1.807) is 7.11 Å². The molecule has 1 fully saturated rings. The second kappa shape index (κ2) is 6.24. The Morgan fingerprint density at radius 3 is 2.28 bits per heavy atom. The average molecular weight is 247 g/mol. The monoisotopic (exact) mass is 247 g/mol. The number of nitrogens with zero attached hydrogens (tertiary/aromatic N) is 1. The molecule has 18 heavy (non-hydrogen) atoms. The zero-order chi connectivity index (χ0) is 13.0. The molecule has 2 unspecified atom stereocenters. The largest absolute Gasteiger partial charge is 0.497 e. The molecular formula is C16H25NO. The van der Waals surface area contributed by atoms with Crippen molar-refractivity contribution in [2.45, 2.75) is 51.6 Å². The number of likely N-dealkylation sites (tertiary alicyclic amines) is 1. The molecule has 100 valence electrons. The molecule has 0 N–H and O–H groups in total. The number of hydrogen-bond donors (Lipinski definition) is 0. The van der Waals surface area contributed by atoms with Crippen LogP contribution in [-0.2, 0) is 6.42 Å². The third-order valence-corrected chi connectivity index (χ3v) is 4.19. The van der Waals surface area contributed by atoms with Gasteiger partial charge in [-0.3, -0.25) is 4.90 Å². The van der Waals surface area contributed by atoms with Gasteiger partial charge in [-0.2, -0.15) is 0 Å². The Morgan fingerprint density at radius 1 is 1.11 bits per heavy atom. The first-order valence-corrected chi connectivity index (χ1v) is 7.09. The van der Waals surface area contributed by atoms with Gasteiger partial charge in [-0.05, 0) is 50.8 Å². The third kappa shape index (κ3) is 3.26. The number of ether oxygens (including phenoxy) is 1. The van der Waals surface area contributed by atoms with Gasteiger partial charge in [0.05, 0.1) is 7.11 Å². The summed E-state index contributed by atoms with van der Waals surface area (Å²) in [5, 5.41) is 0. The van der Waals surface area contributed by atoms with Crippen molar-refractivity contribution < 1.29 is 4.74 Å². The van der Waals surface area contributed by atoms with E-state index >= 15 is 0 Å². The summed E-state index contributed by atoms with van der Waals surface area (Å²) in [7, 11) is 1.71. The maximum atomic E-state index is 5.19.